The van der Waals surface area contributed by atoms with Crippen molar-refractivity contribution in [2.24, 2.45) is 0 Å². The molecule has 0 fully saturated rings. The highest BCUT2D eigenvalue weighted by molar-refractivity contribution is 5.85. The summed E-state index contributed by atoms with van der Waals surface area (Å²) in [4.78, 5) is 12.2. The van der Waals surface area contributed by atoms with Gasteiger partial charge >= 0.3 is 0 Å². The maximum atomic E-state index is 12.2. The summed E-state index contributed by atoms with van der Waals surface area (Å²) in [5.74, 6) is 0.807. The third kappa shape index (κ3) is 4.49. The van der Waals surface area contributed by atoms with Crippen molar-refractivity contribution >= 4 is 18.3 Å². The van der Waals surface area contributed by atoms with E-state index in [-0.39, 0.29) is 24.4 Å². The van der Waals surface area contributed by atoms with Crippen LogP contribution in [-0.2, 0) is 17.6 Å². The monoisotopic (exact) mass is 346 g/mol. The maximum Gasteiger partial charge on any atom is 0.224 e. The minimum atomic E-state index is 0. The highest BCUT2D eigenvalue weighted by atomic mass is 35.5. The Morgan fingerprint density at radius 1 is 1.25 bits per heavy atom. The Bertz CT molecular complexity index is 691. The van der Waals surface area contributed by atoms with Gasteiger partial charge in [-0.1, -0.05) is 36.4 Å². The van der Waals surface area contributed by atoms with Gasteiger partial charge in [-0.05, 0) is 41.8 Å². The van der Waals surface area contributed by atoms with E-state index in [1.807, 2.05) is 24.3 Å². The zero-order valence-corrected chi connectivity index (χ0v) is 14.6. The fourth-order valence-electron chi connectivity index (χ4n) is 3.02. The van der Waals surface area contributed by atoms with Crippen molar-refractivity contribution in [2.45, 2.75) is 18.9 Å². The number of halogens is 1. The standard InChI is InChI=1S/C19H22N2O2.ClH/c1-23-16-7-4-5-14(11-16)12-19(22)21-13-18-17-8-3-2-6-15(17)9-10-20-18;/h2-8,11,18,20H,9-10,12-13H2,1H3,(H,21,22);1H. The van der Waals surface area contributed by atoms with Crippen molar-refractivity contribution in [3.8, 4) is 5.75 Å². The van der Waals surface area contributed by atoms with E-state index >= 15 is 0 Å². The molecule has 0 spiro atoms. The molecule has 1 heterocycles. The number of carbonyl (C=O) groups excluding carboxylic acids is 1. The summed E-state index contributed by atoms with van der Waals surface area (Å²) in [7, 11) is 1.63. The van der Waals surface area contributed by atoms with Crippen LogP contribution in [0.2, 0.25) is 0 Å². The summed E-state index contributed by atoms with van der Waals surface area (Å²) in [6, 6.07) is 16.2. The van der Waals surface area contributed by atoms with E-state index in [0.717, 1.165) is 24.3 Å². The van der Waals surface area contributed by atoms with E-state index in [2.05, 4.69) is 34.9 Å². The largest absolute Gasteiger partial charge is 0.497 e. The molecule has 128 valence electrons. The summed E-state index contributed by atoms with van der Waals surface area (Å²) < 4.78 is 5.19. The average Bonchev–Trinajstić information content (AvgIpc) is 2.60. The van der Waals surface area contributed by atoms with Gasteiger partial charge < -0.3 is 15.4 Å². The fraction of sp³-hybridized carbons (Fsp3) is 0.316. The first-order valence-corrected chi connectivity index (χ1v) is 7.97. The lowest BCUT2D eigenvalue weighted by atomic mass is 9.94. The highest BCUT2D eigenvalue weighted by Crippen LogP contribution is 2.21. The Balaban J connectivity index is 0.00000208. The van der Waals surface area contributed by atoms with E-state index in [1.54, 1.807) is 7.11 Å². The van der Waals surface area contributed by atoms with Crippen molar-refractivity contribution in [2.75, 3.05) is 20.2 Å². The molecule has 1 aliphatic heterocycles. The molecule has 2 aromatic rings. The molecule has 1 atom stereocenters. The van der Waals surface area contributed by atoms with Crippen LogP contribution in [0.1, 0.15) is 22.7 Å². The number of hydrogen-bond acceptors (Lipinski definition) is 3. The van der Waals surface area contributed by atoms with Gasteiger partial charge in [-0.2, -0.15) is 0 Å². The maximum absolute atomic E-state index is 12.2. The molecule has 4 nitrogen and oxygen atoms in total. The van der Waals surface area contributed by atoms with Gasteiger partial charge in [-0.15, -0.1) is 12.4 Å². The zero-order valence-electron chi connectivity index (χ0n) is 13.7. The molecule has 3 rings (SSSR count). The first-order chi connectivity index (χ1) is 11.3. The molecular formula is C19H23ClN2O2. The van der Waals surface area contributed by atoms with Gasteiger partial charge in [0.15, 0.2) is 0 Å². The molecular weight excluding hydrogens is 324 g/mol. The Kier molecular flexibility index (Phi) is 6.64. The van der Waals surface area contributed by atoms with Gasteiger partial charge in [0.25, 0.3) is 0 Å². The van der Waals surface area contributed by atoms with Gasteiger partial charge in [-0.3, -0.25) is 4.79 Å². The van der Waals surface area contributed by atoms with Crippen LogP contribution >= 0.6 is 12.4 Å². The minimum absolute atomic E-state index is 0. The SMILES string of the molecule is COc1cccc(CC(=O)NCC2NCCc3ccccc32)c1.Cl. The molecule has 1 unspecified atom stereocenters. The van der Waals surface area contributed by atoms with Crippen molar-refractivity contribution in [3.63, 3.8) is 0 Å². The van der Waals surface area contributed by atoms with Gasteiger partial charge in [0.2, 0.25) is 5.91 Å². The van der Waals surface area contributed by atoms with Crippen LogP contribution in [-0.4, -0.2) is 26.1 Å². The molecule has 1 amide bonds. The molecule has 0 aliphatic carbocycles. The van der Waals surface area contributed by atoms with Crippen LogP contribution in [0.15, 0.2) is 48.5 Å². The normalized spacial score (nSPS) is 15.8. The molecule has 0 aromatic heterocycles. The van der Waals surface area contributed by atoms with Crippen LogP contribution in [0.4, 0.5) is 0 Å². The van der Waals surface area contributed by atoms with Gasteiger partial charge in [0, 0.05) is 12.6 Å². The summed E-state index contributed by atoms with van der Waals surface area (Å²) in [6.07, 6.45) is 1.41. The number of methoxy groups -OCH3 is 1. The Morgan fingerprint density at radius 2 is 2.08 bits per heavy atom. The molecule has 0 saturated heterocycles. The lowest BCUT2D eigenvalue weighted by Crippen LogP contribution is -2.39. The second kappa shape index (κ2) is 8.71. The number of rotatable bonds is 5. The molecule has 2 aromatic carbocycles. The smallest absolute Gasteiger partial charge is 0.224 e. The first kappa shape index (κ1) is 18.3. The highest BCUT2D eigenvalue weighted by Gasteiger charge is 2.19. The second-order valence-corrected chi connectivity index (χ2v) is 5.79. The third-order valence-corrected chi connectivity index (χ3v) is 4.22. The van der Waals surface area contributed by atoms with Gasteiger partial charge in [-0.25, -0.2) is 0 Å². The number of ether oxygens (including phenoxy) is 1. The van der Waals surface area contributed by atoms with Crippen LogP contribution in [0.3, 0.4) is 0 Å². The quantitative estimate of drug-likeness (QED) is 0.875. The van der Waals surface area contributed by atoms with Crippen LogP contribution in [0.25, 0.3) is 0 Å². The predicted octanol–water partition coefficient (Wildman–Crippen LogP) is 2.66. The van der Waals surface area contributed by atoms with Crippen molar-refractivity contribution in [1.29, 1.82) is 0 Å². The number of fused-ring (bicyclic) bond motifs is 1. The van der Waals surface area contributed by atoms with Crippen LogP contribution < -0.4 is 15.4 Å². The zero-order chi connectivity index (χ0) is 16.1. The Hall–Kier alpha value is -2.04. The Morgan fingerprint density at radius 3 is 2.92 bits per heavy atom. The molecule has 0 radical (unpaired) electrons. The third-order valence-electron chi connectivity index (χ3n) is 4.22. The fourth-order valence-corrected chi connectivity index (χ4v) is 3.02. The number of benzene rings is 2. The second-order valence-electron chi connectivity index (χ2n) is 5.79. The summed E-state index contributed by atoms with van der Waals surface area (Å²) in [5.41, 5.74) is 3.62. The summed E-state index contributed by atoms with van der Waals surface area (Å²) in [6.45, 7) is 1.56. The van der Waals surface area contributed by atoms with Crippen molar-refractivity contribution < 1.29 is 9.53 Å². The summed E-state index contributed by atoms with van der Waals surface area (Å²) in [5, 5.41) is 6.52. The van der Waals surface area contributed by atoms with E-state index in [9.17, 15) is 4.79 Å². The Labute approximate surface area is 149 Å². The molecule has 2 N–H and O–H groups in total. The number of hydrogen-bond donors (Lipinski definition) is 2. The topological polar surface area (TPSA) is 50.4 Å². The lowest BCUT2D eigenvalue weighted by Gasteiger charge is -2.27. The van der Waals surface area contributed by atoms with E-state index < -0.39 is 0 Å². The van der Waals surface area contributed by atoms with Crippen LogP contribution in [0.5, 0.6) is 5.75 Å². The minimum Gasteiger partial charge on any atom is -0.497 e. The molecule has 1 aliphatic rings. The predicted molar refractivity (Wildman–Crippen MR) is 97.8 cm³/mol. The first-order valence-electron chi connectivity index (χ1n) is 7.97. The number of nitrogens with one attached hydrogen (secondary N) is 2. The van der Waals surface area contributed by atoms with E-state index in [4.69, 9.17) is 4.74 Å². The summed E-state index contributed by atoms with van der Waals surface area (Å²) >= 11 is 0. The van der Waals surface area contributed by atoms with Crippen LogP contribution in [0, 0.1) is 0 Å². The van der Waals surface area contributed by atoms with E-state index in [1.165, 1.54) is 11.1 Å². The van der Waals surface area contributed by atoms with Crippen molar-refractivity contribution in [3.05, 3.63) is 65.2 Å². The molecule has 24 heavy (non-hydrogen) atoms. The molecule has 0 bridgehead atoms. The van der Waals surface area contributed by atoms with E-state index in [0.29, 0.717) is 13.0 Å². The number of amides is 1. The van der Waals surface area contributed by atoms with Crippen molar-refractivity contribution in [1.82, 2.24) is 10.6 Å². The van der Waals surface area contributed by atoms with Gasteiger partial charge in [0.1, 0.15) is 5.75 Å². The average molecular weight is 347 g/mol. The molecule has 0 saturated carbocycles. The lowest BCUT2D eigenvalue weighted by molar-refractivity contribution is -0.120. The molecule has 5 heteroatoms. The number of carbonyl (C=O) groups is 1. The van der Waals surface area contributed by atoms with Gasteiger partial charge in [0.05, 0.1) is 13.5 Å².